The van der Waals surface area contributed by atoms with Crippen LogP contribution in [0, 0.1) is 5.92 Å². The van der Waals surface area contributed by atoms with Gasteiger partial charge in [-0.05, 0) is 57.2 Å². The topological polar surface area (TPSA) is 111 Å². The molecule has 0 aromatic carbocycles. The number of ether oxygens (including phenoxy) is 1. The number of nitrogens with zero attached hydrogens (tertiary/aromatic N) is 5. The van der Waals surface area contributed by atoms with Crippen LogP contribution in [-0.2, 0) is 9.53 Å². The normalized spacial score (nSPS) is 24.0. The smallest absolute Gasteiger partial charge is 0.244 e. The highest BCUT2D eigenvalue weighted by atomic mass is 16.5. The van der Waals surface area contributed by atoms with Gasteiger partial charge in [0.1, 0.15) is 5.82 Å². The van der Waals surface area contributed by atoms with Gasteiger partial charge in [-0.2, -0.15) is 4.98 Å². The molecule has 166 valence electrons. The largest absolute Gasteiger partial charge is 0.381 e. The van der Waals surface area contributed by atoms with Crippen LogP contribution in [0.1, 0.15) is 50.5 Å². The summed E-state index contributed by atoms with van der Waals surface area (Å²) in [6, 6.07) is 4.71. The Hall–Kier alpha value is -2.52. The number of hydrogen-bond acceptors (Lipinski definition) is 8. The summed E-state index contributed by atoms with van der Waals surface area (Å²) in [7, 11) is 0. The van der Waals surface area contributed by atoms with E-state index in [4.69, 9.17) is 20.0 Å². The molecule has 0 radical (unpaired) electrons. The zero-order valence-corrected chi connectivity index (χ0v) is 17.8. The number of aromatic nitrogens is 3. The second-order valence-electron chi connectivity index (χ2n) is 8.76. The van der Waals surface area contributed by atoms with Crippen molar-refractivity contribution in [3.8, 4) is 11.4 Å². The molecule has 9 nitrogen and oxygen atoms in total. The lowest BCUT2D eigenvalue weighted by Crippen LogP contribution is -2.39. The van der Waals surface area contributed by atoms with E-state index in [0.29, 0.717) is 17.8 Å². The van der Waals surface area contributed by atoms with Crippen LogP contribution in [0.4, 0.5) is 5.82 Å². The number of carbonyl (C=O) groups excluding carboxylic acids is 1. The van der Waals surface area contributed by atoms with E-state index >= 15 is 0 Å². The maximum atomic E-state index is 11.4. The first kappa shape index (κ1) is 20.4. The number of pyridine rings is 1. The predicted molar refractivity (Wildman–Crippen MR) is 114 cm³/mol. The number of hydrogen-bond donors (Lipinski definition) is 1. The molecule has 5 heterocycles. The molecule has 0 aliphatic carbocycles. The van der Waals surface area contributed by atoms with Crippen molar-refractivity contribution in [1.82, 2.24) is 20.0 Å². The Bertz CT molecular complexity index is 887. The average Bonchev–Trinajstić information content (AvgIpc) is 3.50. The number of amides is 1. The molecule has 3 aliphatic heterocycles. The summed E-state index contributed by atoms with van der Waals surface area (Å²) in [5.41, 5.74) is 6.28. The molecule has 2 aromatic rings. The molecule has 0 bridgehead atoms. The first-order valence-corrected chi connectivity index (χ1v) is 11.4. The van der Waals surface area contributed by atoms with Gasteiger partial charge in [0.25, 0.3) is 0 Å². The van der Waals surface area contributed by atoms with Crippen molar-refractivity contribution in [2.75, 3.05) is 37.7 Å². The molecule has 3 aliphatic rings. The van der Waals surface area contributed by atoms with Gasteiger partial charge in [0.2, 0.25) is 17.6 Å². The summed E-state index contributed by atoms with van der Waals surface area (Å²) in [6.07, 6.45) is 7.70. The first-order chi connectivity index (χ1) is 15.2. The van der Waals surface area contributed by atoms with E-state index in [1.165, 1.54) is 0 Å². The van der Waals surface area contributed by atoms with Crippen molar-refractivity contribution in [2.24, 2.45) is 11.7 Å². The maximum Gasteiger partial charge on any atom is 0.244 e. The van der Waals surface area contributed by atoms with Crippen LogP contribution >= 0.6 is 0 Å². The molecule has 9 heteroatoms. The van der Waals surface area contributed by atoms with Crippen LogP contribution in [0.2, 0.25) is 0 Å². The summed E-state index contributed by atoms with van der Waals surface area (Å²) in [5.74, 6) is 1.96. The molecule has 0 spiro atoms. The fourth-order valence-electron chi connectivity index (χ4n) is 5.09. The SMILES string of the molecule is NC(=O)C1CCN(c2ccc(-c3noc([C@@H]4CCCN4C4CCOCC4)n3)cn2)CC1. The fraction of sp³-hybridized carbons (Fsp3) is 0.636. The first-order valence-electron chi connectivity index (χ1n) is 11.4. The standard InChI is InChI=1S/C22H30N6O3/c23-20(29)15-5-10-27(11-6-15)19-4-3-16(14-24-19)21-25-22(31-26-21)18-2-1-9-28(18)17-7-12-30-13-8-17/h3-4,14-15,17-18H,1-2,5-13H2,(H2,23,29)/t18-/m0/s1. The van der Waals surface area contributed by atoms with Gasteiger partial charge in [0, 0.05) is 50.0 Å². The molecular formula is C22H30N6O3. The molecule has 2 aromatic heterocycles. The Morgan fingerprint density at radius 1 is 1.06 bits per heavy atom. The highest BCUT2D eigenvalue weighted by Gasteiger charge is 2.36. The number of primary amides is 1. The molecule has 0 saturated carbocycles. The molecule has 2 N–H and O–H groups in total. The third-order valence-corrected chi connectivity index (χ3v) is 6.91. The van der Waals surface area contributed by atoms with Gasteiger partial charge in [-0.3, -0.25) is 9.69 Å². The van der Waals surface area contributed by atoms with Gasteiger partial charge in [-0.1, -0.05) is 5.16 Å². The fourth-order valence-corrected chi connectivity index (χ4v) is 5.09. The zero-order valence-electron chi connectivity index (χ0n) is 17.8. The van der Waals surface area contributed by atoms with Gasteiger partial charge in [0.15, 0.2) is 0 Å². The molecule has 3 saturated heterocycles. The van der Waals surface area contributed by atoms with E-state index in [9.17, 15) is 4.79 Å². The van der Waals surface area contributed by atoms with Crippen LogP contribution in [0.25, 0.3) is 11.4 Å². The van der Waals surface area contributed by atoms with Gasteiger partial charge in [-0.15, -0.1) is 0 Å². The van der Waals surface area contributed by atoms with Crippen LogP contribution in [0.15, 0.2) is 22.9 Å². The molecular weight excluding hydrogens is 396 g/mol. The summed E-state index contributed by atoms with van der Waals surface area (Å²) in [4.78, 5) is 25.4. The minimum absolute atomic E-state index is 0.0236. The van der Waals surface area contributed by atoms with Crippen LogP contribution < -0.4 is 10.6 Å². The van der Waals surface area contributed by atoms with Crippen molar-refractivity contribution in [2.45, 2.75) is 50.6 Å². The summed E-state index contributed by atoms with van der Waals surface area (Å²) >= 11 is 0. The molecule has 31 heavy (non-hydrogen) atoms. The summed E-state index contributed by atoms with van der Waals surface area (Å²) in [6.45, 7) is 4.32. The van der Waals surface area contributed by atoms with Crippen LogP contribution in [0.3, 0.4) is 0 Å². The third kappa shape index (κ3) is 4.29. The lowest BCUT2D eigenvalue weighted by atomic mass is 9.96. The second kappa shape index (κ2) is 8.92. The highest BCUT2D eigenvalue weighted by molar-refractivity contribution is 5.77. The van der Waals surface area contributed by atoms with E-state index < -0.39 is 0 Å². The molecule has 3 fully saturated rings. The predicted octanol–water partition coefficient (Wildman–Crippen LogP) is 2.15. The van der Waals surface area contributed by atoms with Gasteiger partial charge in [-0.25, -0.2) is 4.98 Å². The Labute approximate surface area is 181 Å². The van der Waals surface area contributed by atoms with E-state index in [2.05, 4.69) is 19.9 Å². The molecule has 1 amide bonds. The number of likely N-dealkylation sites (tertiary alicyclic amines) is 1. The molecule has 0 unspecified atom stereocenters. The van der Waals surface area contributed by atoms with Crippen molar-refractivity contribution < 1.29 is 14.1 Å². The Morgan fingerprint density at radius 3 is 2.58 bits per heavy atom. The maximum absolute atomic E-state index is 11.4. The van der Waals surface area contributed by atoms with E-state index in [0.717, 1.165) is 82.8 Å². The number of anilines is 1. The van der Waals surface area contributed by atoms with E-state index in [-0.39, 0.29) is 17.9 Å². The van der Waals surface area contributed by atoms with Crippen molar-refractivity contribution in [1.29, 1.82) is 0 Å². The van der Waals surface area contributed by atoms with E-state index in [1.807, 2.05) is 12.1 Å². The third-order valence-electron chi connectivity index (χ3n) is 6.91. The zero-order chi connectivity index (χ0) is 21.2. The number of carbonyl (C=O) groups is 1. The van der Waals surface area contributed by atoms with Crippen molar-refractivity contribution in [3.63, 3.8) is 0 Å². The number of piperidine rings is 1. The van der Waals surface area contributed by atoms with Gasteiger partial charge >= 0.3 is 0 Å². The number of rotatable bonds is 5. The monoisotopic (exact) mass is 426 g/mol. The van der Waals surface area contributed by atoms with Crippen molar-refractivity contribution >= 4 is 11.7 Å². The summed E-state index contributed by atoms with van der Waals surface area (Å²) < 4.78 is 11.2. The average molecular weight is 427 g/mol. The minimum atomic E-state index is -0.200. The Morgan fingerprint density at radius 2 is 1.87 bits per heavy atom. The molecule has 1 atom stereocenters. The molecule has 5 rings (SSSR count). The van der Waals surface area contributed by atoms with Crippen LogP contribution in [0.5, 0.6) is 0 Å². The Kier molecular flexibility index (Phi) is 5.87. The highest BCUT2D eigenvalue weighted by Crippen LogP contribution is 2.36. The van der Waals surface area contributed by atoms with E-state index in [1.54, 1.807) is 6.20 Å². The minimum Gasteiger partial charge on any atom is -0.381 e. The Balaban J connectivity index is 1.25. The number of nitrogens with two attached hydrogens (primary N) is 1. The quantitative estimate of drug-likeness (QED) is 0.774. The lowest BCUT2D eigenvalue weighted by molar-refractivity contribution is -0.122. The van der Waals surface area contributed by atoms with Gasteiger partial charge in [0.05, 0.1) is 6.04 Å². The lowest BCUT2D eigenvalue weighted by Gasteiger charge is -2.33. The van der Waals surface area contributed by atoms with Gasteiger partial charge < -0.3 is 19.9 Å². The summed E-state index contributed by atoms with van der Waals surface area (Å²) in [5, 5.41) is 4.24. The van der Waals surface area contributed by atoms with Crippen LogP contribution in [-0.4, -0.2) is 64.8 Å². The van der Waals surface area contributed by atoms with Crippen molar-refractivity contribution in [3.05, 3.63) is 24.2 Å². The second-order valence-corrected chi connectivity index (χ2v) is 8.76.